The highest BCUT2D eigenvalue weighted by Crippen LogP contribution is 2.31. The molecule has 0 atom stereocenters. The molecule has 0 saturated heterocycles. The number of nitrogens with zero attached hydrogens (tertiary/aromatic N) is 1. The third kappa shape index (κ3) is 1.48. The minimum Gasteiger partial charge on any atom is -0.278 e. The normalized spacial score (nSPS) is 10.8. The van der Waals surface area contributed by atoms with Gasteiger partial charge in [-0.25, -0.2) is 0 Å². The molecular formula is C13H9ClN2. The van der Waals surface area contributed by atoms with Crippen molar-refractivity contribution in [3.8, 4) is 11.1 Å². The highest BCUT2D eigenvalue weighted by Gasteiger charge is 2.06. The van der Waals surface area contributed by atoms with Crippen LogP contribution in [0.25, 0.3) is 22.0 Å². The van der Waals surface area contributed by atoms with Crippen molar-refractivity contribution < 1.29 is 0 Å². The second kappa shape index (κ2) is 3.65. The van der Waals surface area contributed by atoms with Gasteiger partial charge in [0, 0.05) is 10.9 Å². The molecule has 1 heterocycles. The highest BCUT2D eigenvalue weighted by molar-refractivity contribution is 6.34. The van der Waals surface area contributed by atoms with Gasteiger partial charge in [-0.3, -0.25) is 5.10 Å². The van der Waals surface area contributed by atoms with Gasteiger partial charge in [0.25, 0.3) is 0 Å². The fourth-order valence-electron chi connectivity index (χ4n) is 1.80. The smallest absolute Gasteiger partial charge is 0.0665 e. The molecule has 0 radical (unpaired) electrons. The van der Waals surface area contributed by atoms with Crippen LogP contribution in [-0.4, -0.2) is 10.2 Å². The maximum atomic E-state index is 6.25. The Balaban J connectivity index is 2.27. The third-order valence-electron chi connectivity index (χ3n) is 2.61. The molecule has 0 bridgehead atoms. The molecule has 78 valence electrons. The first-order valence-electron chi connectivity index (χ1n) is 5.02. The van der Waals surface area contributed by atoms with Crippen molar-refractivity contribution in [2.45, 2.75) is 0 Å². The second-order valence-corrected chi connectivity index (χ2v) is 4.06. The molecule has 0 unspecified atom stereocenters. The lowest BCUT2D eigenvalue weighted by Gasteiger charge is -2.04. The zero-order chi connectivity index (χ0) is 11.0. The Morgan fingerprint density at radius 2 is 1.88 bits per heavy atom. The van der Waals surface area contributed by atoms with Crippen molar-refractivity contribution in [3.63, 3.8) is 0 Å². The molecule has 0 aliphatic rings. The number of benzene rings is 2. The van der Waals surface area contributed by atoms with Crippen molar-refractivity contribution in [3.05, 3.63) is 53.7 Å². The van der Waals surface area contributed by atoms with Gasteiger partial charge >= 0.3 is 0 Å². The minimum absolute atomic E-state index is 0.739. The van der Waals surface area contributed by atoms with E-state index in [4.69, 9.17) is 11.6 Å². The monoisotopic (exact) mass is 228 g/mol. The summed E-state index contributed by atoms with van der Waals surface area (Å²) in [6.07, 6.45) is 1.80. The second-order valence-electron chi connectivity index (χ2n) is 3.66. The fourth-order valence-corrected chi connectivity index (χ4v) is 2.08. The zero-order valence-corrected chi connectivity index (χ0v) is 9.20. The van der Waals surface area contributed by atoms with E-state index in [-0.39, 0.29) is 0 Å². The lowest BCUT2D eigenvalue weighted by Crippen LogP contribution is -1.79. The minimum atomic E-state index is 0.739. The number of hydrogen-bond acceptors (Lipinski definition) is 1. The first-order valence-corrected chi connectivity index (χ1v) is 5.40. The Morgan fingerprint density at radius 3 is 2.69 bits per heavy atom. The molecule has 0 fully saturated rings. The summed E-state index contributed by atoms with van der Waals surface area (Å²) in [5.41, 5.74) is 3.12. The molecule has 3 heteroatoms. The van der Waals surface area contributed by atoms with Gasteiger partial charge in [0.2, 0.25) is 0 Å². The van der Waals surface area contributed by atoms with Crippen LogP contribution in [-0.2, 0) is 0 Å². The fraction of sp³-hybridized carbons (Fsp3) is 0. The average Bonchev–Trinajstić information content (AvgIpc) is 2.76. The summed E-state index contributed by atoms with van der Waals surface area (Å²) in [7, 11) is 0. The van der Waals surface area contributed by atoms with E-state index in [9.17, 15) is 0 Å². The summed E-state index contributed by atoms with van der Waals surface area (Å²) < 4.78 is 0. The van der Waals surface area contributed by atoms with Crippen molar-refractivity contribution in [1.82, 2.24) is 10.2 Å². The number of halogens is 1. The standard InChI is InChI=1S/C13H9ClN2/c14-12-7-13-10(8-15-16-13)6-11(12)9-4-2-1-3-5-9/h1-8H,(H,15,16). The molecule has 3 rings (SSSR count). The molecule has 0 spiro atoms. The molecular weight excluding hydrogens is 220 g/mol. The van der Waals surface area contributed by atoms with Crippen LogP contribution in [0.4, 0.5) is 0 Å². The van der Waals surface area contributed by atoms with Crippen LogP contribution in [0.1, 0.15) is 0 Å². The summed E-state index contributed by atoms with van der Waals surface area (Å²) in [4.78, 5) is 0. The van der Waals surface area contributed by atoms with Gasteiger partial charge in [-0.05, 0) is 17.7 Å². The van der Waals surface area contributed by atoms with Gasteiger partial charge in [-0.2, -0.15) is 5.10 Å². The molecule has 0 aliphatic heterocycles. The third-order valence-corrected chi connectivity index (χ3v) is 2.93. The maximum absolute atomic E-state index is 6.25. The predicted octanol–water partition coefficient (Wildman–Crippen LogP) is 3.88. The average molecular weight is 229 g/mol. The van der Waals surface area contributed by atoms with Gasteiger partial charge in [0.05, 0.1) is 16.7 Å². The number of hydrogen-bond donors (Lipinski definition) is 1. The van der Waals surface area contributed by atoms with E-state index in [1.807, 2.05) is 36.4 Å². The van der Waals surface area contributed by atoms with Gasteiger partial charge in [0.15, 0.2) is 0 Å². The molecule has 0 saturated carbocycles. The number of nitrogens with one attached hydrogen (secondary N) is 1. The molecule has 16 heavy (non-hydrogen) atoms. The molecule has 2 aromatic carbocycles. The zero-order valence-electron chi connectivity index (χ0n) is 8.44. The summed E-state index contributed by atoms with van der Waals surface area (Å²) in [5.74, 6) is 0. The van der Waals surface area contributed by atoms with Crippen molar-refractivity contribution in [2.75, 3.05) is 0 Å². The van der Waals surface area contributed by atoms with E-state index in [1.165, 1.54) is 0 Å². The molecule has 3 aromatic rings. The van der Waals surface area contributed by atoms with Crippen LogP contribution < -0.4 is 0 Å². The van der Waals surface area contributed by atoms with Crippen LogP contribution in [0.15, 0.2) is 48.7 Å². The van der Waals surface area contributed by atoms with E-state index in [1.54, 1.807) is 6.20 Å². The van der Waals surface area contributed by atoms with E-state index in [0.717, 1.165) is 27.1 Å². The van der Waals surface area contributed by atoms with Gasteiger partial charge in [0.1, 0.15) is 0 Å². The number of aromatic nitrogens is 2. The van der Waals surface area contributed by atoms with E-state index >= 15 is 0 Å². The topological polar surface area (TPSA) is 28.7 Å². The maximum Gasteiger partial charge on any atom is 0.0665 e. The Bertz CT molecular complexity index is 629. The Kier molecular flexibility index (Phi) is 2.15. The first kappa shape index (κ1) is 9.43. The molecule has 2 nitrogen and oxygen atoms in total. The van der Waals surface area contributed by atoms with Crippen LogP contribution in [0.2, 0.25) is 5.02 Å². The van der Waals surface area contributed by atoms with Crippen molar-refractivity contribution in [1.29, 1.82) is 0 Å². The summed E-state index contributed by atoms with van der Waals surface area (Å²) in [6.45, 7) is 0. The number of H-pyrrole nitrogens is 1. The summed E-state index contributed by atoms with van der Waals surface area (Å²) in [6, 6.07) is 14.1. The lowest BCUT2D eigenvalue weighted by atomic mass is 10.0. The van der Waals surface area contributed by atoms with E-state index in [2.05, 4.69) is 16.3 Å². The lowest BCUT2D eigenvalue weighted by molar-refractivity contribution is 1.12. The van der Waals surface area contributed by atoms with Gasteiger partial charge < -0.3 is 0 Å². The first-order chi connectivity index (χ1) is 7.84. The SMILES string of the molecule is Clc1cc2[nH]ncc2cc1-c1ccccc1. The summed E-state index contributed by atoms with van der Waals surface area (Å²) in [5, 5.41) is 8.71. The quantitative estimate of drug-likeness (QED) is 0.673. The Hall–Kier alpha value is -1.80. The number of aromatic amines is 1. The van der Waals surface area contributed by atoms with Gasteiger partial charge in [-0.1, -0.05) is 41.9 Å². The molecule has 0 aliphatic carbocycles. The Labute approximate surface area is 97.9 Å². The summed E-state index contributed by atoms with van der Waals surface area (Å²) >= 11 is 6.25. The van der Waals surface area contributed by atoms with Crippen LogP contribution in [0.3, 0.4) is 0 Å². The van der Waals surface area contributed by atoms with E-state index in [0.29, 0.717) is 0 Å². The van der Waals surface area contributed by atoms with Crippen molar-refractivity contribution >= 4 is 22.5 Å². The van der Waals surface area contributed by atoms with Crippen LogP contribution in [0.5, 0.6) is 0 Å². The van der Waals surface area contributed by atoms with Crippen LogP contribution in [0, 0.1) is 0 Å². The van der Waals surface area contributed by atoms with Crippen LogP contribution >= 0.6 is 11.6 Å². The number of rotatable bonds is 1. The van der Waals surface area contributed by atoms with E-state index < -0.39 is 0 Å². The predicted molar refractivity (Wildman–Crippen MR) is 66.5 cm³/mol. The molecule has 1 N–H and O–H groups in total. The highest BCUT2D eigenvalue weighted by atomic mass is 35.5. The largest absolute Gasteiger partial charge is 0.278 e. The Morgan fingerprint density at radius 1 is 1.06 bits per heavy atom. The molecule has 1 aromatic heterocycles. The van der Waals surface area contributed by atoms with Crippen molar-refractivity contribution in [2.24, 2.45) is 0 Å². The number of fused-ring (bicyclic) bond motifs is 1. The van der Waals surface area contributed by atoms with Gasteiger partial charge in [-0.15, -0.1) is 0 Å². The molecule has 0 amide bonds.